The van der Waals surface area contributed by atoms with Crippen molar-refractivity contribution < 1.29 is 0 Å². The van der Waals surface area contributed by atoms with Crippen molar-refractivity contribution in [3.63, 3.8) is 0 Å². The Morgan fingerprint density at radius 1 is 1.33 bits per heavy atom. The van der Waals surface area contributed by atoms with Crippen LogP contribution in [0.2, 0.25) is 0 Å². The zero-order valence-electron chi connectivity index (χ0n) is 12.8. The molecule has 0 radical (unpaired) electrons. The summed E-state index contributed by atoms with van der Waals surface area (Å²) in [4.78, 5) is 0. The molecule has 4 heteroatoms. The van der Waals surface area contributed by atoms with Crippen LogP contribution in [0.15, 0.2) is 41.0 Å². The van der Waals surface area contributed by atoms with Gasteiger partial charge in [0.1, 0.15) is 0 Å². The molecule has 0 bridgehead atoms. The van der Waals surface area contributed by atoms with Crippen LogP contribution in [-0.2, 0) is 19.9 Å². The van der Waals surface area contributed by atoms with Gasteiger partial charge in [0.25, 0.3) is 0 Å². The zero-order chi connectivity index (χ0) is 15.1. The molecule has 1 unspecified atom stereocenters. The maximum absolute atomic E-state index is 4.24. The zero-order valence-corrected chi connectivity index (χ0v) is 14.4. The number of benzene rings is 1. The second-order valence-corrected chi connectivity index (χ2v) is 6.39. The quantitative estimate of drug-likeness (QED) is 0.786. The molecule has 114 valence electrons. The third kappa shape index (κ3) is 5.29. The lowest BCUT2D eigenvalue weighted by Gasteiger charge is -2.19. The number of aryl methyl sites for hydroxylation is 2. The van der Waals surface area contributed by atoms with Crippen molar-refractivity contribution in [2.75, 3.05) is 6.54 Å². The minimum absolute atomic E-state index is 0.508. The molecule has 0 spiro atoms. The van der Waals surface area contributed by atoms with Crippen molar-refractivity contribution in [1.82, 2.24) is 15.1 Å². The average molecular weight is 350 g/mol. The molecule has 0 amide bonds. The molecule has 0 aliphatic carbocycles. The lowest BCUT2D eigenvalue weighted by molar-refractivity contribution is 0.471. The predicted octanol–water partition coefficient (Wildman–Crippen LogP) is 3.73. The van der Waals surface area contributed by atoms with Gasteiger partial charge in [-0.15, -0.1) is 0 Å². The lowest BCUT2D eigenvalue weighted by atomic mass is 10.0. The van der Waals surface area contributed by atoms with Gasteiger partial charge in [-0.25, -0.2) is 0 Å². The molecule has 1 aromatic carbocycles. The monoisotopic (exact) mass is 349 g/mol. The van der Waals surface area contributed by atoms with Crippen molar-refractivity contribution in [2.24, 2.45) is 7.05 Å². The highest BCUT2D eigenvalue weighted by Gasteiger charge is 2.10. The van der Waals surface area contributed by atoms with Crippen molar-refractivity contribution >= 4 is 15.9 Å². The third-order valence-electron chi connectivity index (χ3n) is 3.73. The Morgan fingerprint density at radius 3 is 2.86 bits per heavy atom. The Balaban J connectivity index is 1.95. The maximum atomic E-state index is 4.24. The highest BCUT2D eigenvalue weighted by Crippen LogP contribution is 2.15. The van der Waals surface area contributed by atoms with Gasteiger partial charge in [0.2, 0.25) is 0 Å². The normalized spacial score (nSPS) is 12.5. The second kappa shape index (κ2) is 8.35. The fourth-order valence-corrected chi connectivity index (χ4v) is 2.99. The minimum Gasteiger partial charge on any atom is -0.314 e. The predicted molar refractivity (Wildman–Crippen MR) is 91.5 cm³/mol. The Morgan fingerprint density at radius 2 is 2.19 bits per heavy atom. The summed E-state index contributed by atoms with van der Waals surface area (Å²) in [6.45, 7) is 3.29. The van der Waals surface area contributed by atoms with Gasteiger partial charge in [-0.05, 0) is 56.0 Å². The molecule has 2 rings (SSSR count). The number of hydrogen-bond acceptors (Lipinski definition) is 2. The van der Waals surface area contributed by atoms with Crippen molar-refractivity contribution in [3.05, 3.63) is 52.3 Å². The molecule has 1 N–H and O–H groups in total. The van der Waals surface area contributed by atoms with E-state index in [2.05, 4.69) is 63.6 Å². The first kappa shape index (κ1) is 16.2. The van der Waals surface area contributed by atoms with E-state index in [4.69, 9.17) is 0 Å². The fourth-order valence-electron chi connectivity index (χ4n) is 2.54. The number of halogens is 1. The molecule has 1 atom stereocenters. The summed E-state index contributed by atoms with van der Waals surface area (Å²) in [5.41, 5.74) is 2.68. The van der Waals surface area contributed by atoms with E-state index < -0.39 is 0 Å². The first-order valence-electron chi connectivity index (χ1n) is 7.63. The van der Waals surface area contributed by atoms with Gasteiger partial charge in [-0.3, -0.25) is 4.68 Å². The molecule has 1 heterocycles. The lowest BCUT2D eigenvalue weighted by Crippen LogP contribution is -2.32. The van der Waals surface area contributed by atoms with Crippen LogP contribution in [0.5, 0.6) is 0 Å². The Kier molecular flexibility index (Phi) is 6.46. The summed E-state index contributed by atoms with van der Waals surface area (Å²) < 4.78 is 3.12. The molecule has 3 nitrogen and oxygen atoms in total. The largest absolute Gasteiger partial charge is 0.314 e. The van der Waals surface area contributed by atoms with Crippen LogP contribution in [0.25, 0.3) is 0 Å². The van der Waals surface area contributed by atoms with Gasteiger partial charge in [0, 0.05) is 29.5 Å². The van der Waals surface area contributed by atoms with E-state index in [1.54, 1.807) is 0 Å². The topological polar surface area (TPSA) is 29.9 Å². The van der Waals surface area contributed by atoms with Crippen LogP contribution in [0.1, 0.15) is 31.0 Å². The van der Waals surface area contributed by atoms with Gasteiger partial charge in [-0.1, -0.05) is 35.0 Å². The number of nitrogens with one attached hydrogen (secondary N) is 1. The highest BCUT2D eigenvalue weighted by molar-refractivity contribution is 9.10. The highest BCUT2D eigenvalue weighted by atomic mass is 79.9. The summed E-state index contributed by atoms with van der Waals surface area (Å²) in [5.74, 6) is 0. The smallest absolute Gasteiger partial charge is 0.0492 e. The van der Waals surface area contributed by atoms with Gasteiger partial charge >= 0.3 is 0 Å². The van der Waals surface area contributed by atoms with E-state index in [1.165, 1.54) is 17.7 Å². The molecule has 0 aliphatic heterocycles. The Labute approximate surface area is 135 Å². The number of rotatable bonds is 8. The Hall–Kier alpha value is -1.13. The molecule has 0 saturated carbocycles. The minimum atomic E-state index is 0.508. The van der Waals surface area contributed by atoms with Crippen LogP contribution in [0, 0.1) is 0 Å². The first-order chi connectivity index (χ1) is 10.2. The first-order valence-corrected chi connectivity index (χ1v) is 8.43. The van der Waals surface area contributed by atoms with Crippen molar-refractivity contribution in [3.8, 4) is 0 Å². The van der Waals surface area contributed by atoms with Crippen LogP contribution in [-0.4, -0.2) is 22.4 Å². The summed E-state index contributed by atoms with van der Waals surface area (Å²) in [5, 5.41) is 7.92. The summed E-state index contributed by atoms with van der Waals surface area (Å²) in [6.07, 6.45) is 6.30. The molecule has 0 saturated heterocycles. The number of hydrogen-bond donors (Lipinski definition) is 1. The van der Waals surface area contributed by atoms with Crippen LogP contribution < -0.4 is 5.32 Å². The van der Waals surface area contributed by atoms with E-state index in [-0.39, 0.29) is 0 Å². The van der Waals surface area contributed by atoms with E-state index in [1.807, 2.05) is 17.9 Å². The van der Waals surface area contributed by atoms with E-state index in [0.29, 0.717) is 6.04 Å². The van der Waals surface area contributed by atoms with Crippen LogP contribution in [0.4, 0.5) is 0 Å². The molecule has 2 aromatic rings. The van der Waals surface area contributed by atoms with Gasteiger partial charge in [-0.2, -0.15) is 5.10 Å². The number of aromatic nitrogens is 2. The Bertz CT molecular complexity index is 550. The van der Waals surface area contributed by atoms with Gasteiger partial charge in [0.15, 0.2) is 0 Å². The maximum Gasteiger partial charge on any atom is 0.0492 e. The standard InChI is InChI=1S/C17H24BrN3/c1-3-10-19-16(7-8-17-9-11-20-21(17)2)13-14-5-4-6-15(18)12-14/h4-6,9,11-12,16,19H,3,7-8,10,13H2,1-2H3. The summed E-state index contributed by atoms with van der Waals surface area (Å²) in [6, 6.07) is 11.2. The molecular formula is C17H24BrN3. The van der Waals surface area contributed by atoms with Crippen LogP contribution in [0.3, 0.4) is 0 Å². The van der Waals surface area contributed by atoms with Crippen molar-refractivity contribution in [1.29, 1.82) is 0 Å². The van der Waals surface area contributed by atoms with Gasteiger partial charge < -0.3 is 5.32 Å². The summed E-state index contributed by atoms with van der Waals surface area (Å²) >= 11 is 3.55. The second-order valence-electron chi connectivity index (χ2n) is 5.47. The third-order valence-corrected chi connectivity index (χ3v) is 4.22. The molecule has 0 aliphatic rings. The SMILES string of the molecule is CCCNC(CCc1ccnn1C)Cc1cccc(Br)c1. The summed E-state index contributed by atoms with van der Waals surface area (Å²) in [7, 11) is 2.01. The van der Waals surface area contributed by atoms with Crippen molar-refractivity contribution in [2.45, 2.75) is 38.6 Å². The van der Waals surface area contributed by atoms with E-state index >= 15 is 0 Å². The number of nitrogens with zero attached hydrogens (tertiary/aromatic N) is 2. The average Bonchev–Trinajstić information content (AvgIpc) is 2.87. The fraction of sp³-hybridized carbons (Fsp3) is 0.471. The molecular weight excluding hydrogens is 326 g/mol. The molecule has 0 fully saturated rings. The van der Waals surface area contributed by atoms with E-state index in [0.717, 1.165) is 30.3 Å². The molecule has 1 aromatic heterocycles. The molecule has 21 heavy (non-hydrogen) atoms. The van der Waals surface area contributed by atoms with Gasteiger partial charge in [0.05, 0.1) is 0 Å². The van der Waals surface area contributed by atoms with Crippen LogP contribution >= 0.6 is 15.9 Å². The van der Waals surface area contributed by atoms with E-state index in [9.17, 15) is 0 Å².